The number of hydrogen-bond donors (Lipinski definition) is 1. The van der Waals surface area contributed by atoms with Gasteiger partial charge >= 0.3 is 0 Å². The molecule has 0 aliphatic heterocycles. The van der Waals surface area contributed by atoms with Gasteiger partial charge in [-0.05, 0) is 30.3 Å². The van der Waals surface area contributed by atoms with E-state index in [4.69, 9.17) is 16.9 Å². The quantitative estimate of drug-likeness (QED) is 0.800. The Kier molecular flexibility index (Phi) is 3.28. The van der Waals surface area contributed by atoms with Gasteiger partial charge in [0, 0.05) is 24.0 Å². The summed E-state index contributed by atoms with van der Waals surface area (Å²) in [7, 11) is 0. The highest BCUT2D eigenvalue weighted by Crippen LogP contribution is 2.21. The first-order chi connectivity index (χ1) is 9.78. The first-order valence-electron chi connectivity index (χ1n) is 6.13. The van der Waals surface area contributed by atoms with Crippen molar-refractivity contribution in [3.05, 3.63) is 64.9 Å². The lowest BCUT2D eigenvalue weighted by Gasteiger charge is -2.06. The molecule has 2 heterocycles. The number of halogens is 1. The number of fused-ring (bicyclic) bond motifs is 1. The highest BCUT2D eigenvalue weighted by atomic mass is 35.5. The molecule has 20 heavy (non-hydrogen) atoms. The summed E-state index contributed by atoms with van der Waals surface area (Å²) in [5, 5.41) is 16.9. The third-order valence-electron chi connectivity index (χ3n) is 3.08. The number of benzene rings is 1. The molecule has 0 atom stereocenters. The number of aromatic nitrogens is 2. The van der Waals surface area contributed by atoms with Crippen LogP contribution >= 0.6 is 11.6 Å². The van der Waals surface area contributed by atoms with Crippen LogP contribution in [0.4, 0.5) is 5.69 Å². The van der Waals surface area contributed by atoms with Gasteiger partial charge in [0.25, 0.3) is 0 Å². The van der Waals surface area contributed by atoms with E-state index in [0.717, 1.165) is 16.8 Å². The number of nitriles is 1. The Morgan fingerprint density at radius 3 is 3.00 bits per heavy atom. The SMILES string of the molecule is N#Cc1ccc(NCc2cnn3ccccc23)cc1Cl. The van der Waals surface area contributed by atoms with Gasteiger partial charge in [0.1, 0.15) is 6.07 Å². The third kappa shape index (κ3) is 2.31. The predicted molar refractivity (Wildman–Crippen MR) is 78.7 cm³/mol. The molecule has 0 amide bonds. The van der Waals surface area contributed by atoms with Crippen molar-refractivity contribution in [3.8, 4) is 6.07 Å². The lowest BCUT2D eigenvalue weighted by molar-refractivity contribution is 0.961. The van der Waals surface area contributed by atoms with E-state index in [1.54, 1.807) is 12.1 Å². The Morgan fingerprint density at radius 1 is 1.30 bits per heavy atom. The van der Waals surface area contributed by atoms with Crippen LogP contribution in [-0.2, 0) is 6.54 Å². The summed E-state index contributed by atoms with van der Waals surface area (Å²) in [5.74, 6) is 0. The molecule has 3 aromatic rings. The van der Waals surface area contributed by atoms with Crippen molar-refractivity contribution in [1.82, 2.24) is 9.61 Å². The van der Waals surface area contributed by atoms with Crippen LogP contribution in [0, 0.1) is 11.3 Å². The predicted octanol–water partition coefficient (Wildman–Crippen LogP) is 3.47. The molecule has 0 saturated heterocycles. The van der Waals surface area contributed by atoms with E-state index >= 15 is 0 Å². The normalized spacial score (nSPS) is 10.4. The monoisotopic (exact) mass is 282 g/mol. The van der Waals surface area contributed by atoms with Crippen LogP contribution in [0.1, 0.15) is 11.1 Å². The first kappa shape index (κ1) is 12.5. The number of pyridine rings is 1. The molecule has 0 saturated carbocycles. The molecule has 4 nitrogen and oxygen atoms in total. The fraction of sp³-hybridized carbons (Fsp3) is 0.0667. The smallest absolute Gasteiger partial charge is 0.101 e. The van der Waals surface area contributed by atoms with Crippen molar-refractivity contribution in [2.24, 2.45) is 0 Å². The second-order valence-corrected chi connectivity index (χ2v) is 4.77. The number of rotatable bonds is 3. The van der Waals surface area contributed by atoms with E-state index in [0.29, 0.717) is 17.1 Å². The topological polar surface area (TPSA) is 53.1 Å². The van der Waals surface area contributed by atoms with Crippen molar-refractivity contribution < 1.29 is 0 Å². The molecule has 3 rings (SSSR count). The summed E-state index contributed by atoms with van der Waals surface area (Å²) in [6.07, 6.45) is 3.75. The summed E-state index contributed by atoms with van der Waals surface area (Å²) in [6, 6.07) is 13.3. The zero-order valence-electron chi connectivity index (χ0n) is 10.5. The summed E-state index contributed by atoms with van der Waals surface area (Å²) in [5.41, 5.74) is 3.53. The van der Waals surface area contributed by atoms with Crippen LogP contribution in [-0.4, -0.2) is 9.61 Å². The van der Waals surface area contributed by atoms with Gasteiger partial charge in [0.05, 0.1) is 22.3 Å². The van der Waals surface area contributed by atoms with E-state index < -0.39 is 0 Å². The first-order valence-corrected chi connectivity index (χ1v) is 6.50. The molecule has 2 aromatic heterocycles. The minimum absolute atomic E-state index is 0.456. The van der Waals surface area contributed by atoms with Gasteiger partial charge in [0.2, 0.25) is 0 Å². The van der Waals surface area contributed by atoms with Crippen LogP contribution in [0.2, 0.25) is 5.02 Å². The van der Waals surface area contributed by atoms with Gasteiger partial charge in [-0.15, -0.1) is 0 Å². The van der Waals surface area contributed by atoms with Crippen LogP contribution < -0.4 is 5.32 Å². The molecular weight excluding hydrogens is 272 g/mol. The number of anilines is 1. The number of nitrogens with zero attached hydrogens (tertiary/aromatic N) is 3. The van der Waals surface area contributed by atoms with Crippen molar-refractivity contribution >= 4 is 22.8 Å². The van der Waals surface area contributed by atoms with Gasteiger partial charge in [-0.3, -0.25) is 0 Å². The summed E-state index contributed by atoms with van der Waals surface area (Å²) in [4.78, 5) is 0. The van der Waals surface area contributed by atoms with E-state index in [-0.39, 0.29) is 0 Å². The number of nitrogens with one attached hydrogen (secondary N) is 1. The van der Waals surface area contributed by atoms with Crippen LogP contribution in [0.5, 0.6) is 0 Å². The zero-order valence-corrected chi connectivity index (χ0v) is 11.3. The van der Waals surface area contributed by atoms with E-state index in [1.807, 2.05) is 47.2 Å². The molecule has 0 aliphatic carbocycles. The minimum atomic E-state index is 0.456. The highest BCUT2D eigenvalue weighted by molar-refractivity contribution is 6.32. The van der Waals surface area contributed by atoms with Crippen molar-refractivity contribution in [2.75, 3.05) is 5.32 Å². The fourth-order valence-electron chi connectivity index (χ4n) is 2.04. The molecular formula is C15H11ClN4. The molecule has 98 valence electrons. The summed E-state index contributed by atoms with van der Waals surface area (Å²) < 4.78 is 1.84. The Morgan fingerprint density at radius 2 is 2.20 bits per heavy atom. The van der Waals surface area contributed by atoms with Crippen molar-refractivity contribution in [1.29, 1.82) is 5.26 Å². The van der Waals surface area contributed by atoms with Crippen LogP contribution in [0.3, 0.4) is 0 Å². The maximum absolute atomic E-state index is 8.84. The lowest BCUT2D eigenvalue weighted by atomic mass is 10.2. The minimum Gasteiger partial charge on any atom is -0.381 e. The lowest BCUT2D eigenvalue weighted by Crippen LogP contribution is -1.99. The van der Waals surface area contributed by atoms with E-state index in [2.05, 4.69) is 10.4 Å². The van der Waals surface area contributed by atoms with Gasteiger partial charge in [0.15, 0.2) is 0 Å². The molecule has 0 spiro atoms. The molecule has 1 aromatic carbocycles. The highest BCUT2D eigenvalue weighted by Gasteiger charge is 2.04. The molecule has 0 unspecified atom stereocenters. The van der Waals surface area contributed by atoms with Crippen molar-refractivity contribution in [3.63, 3.8) is 0 Å². The standard InChI is InChI=1S/C15H11ClN4/c16-14-7-13(5-4-11(14)8-17)18-9-12-10-19-20-6-2-1-3-15(12)20/h1-7,10,18H,9H2. The largest absolute Gasteiger partial charge is 0.381 e. The van der Waals surface area contributed by atoms with Gasteiger partial charge < -0.3 is 5.32 Å². The summed E-state index contributed by atoms with van der Waals surface area (Å²) >= 11 is 6.01. The van der Waals surface area contributed by atoms with Gasteiger partial charge in [-0.25, -0.2) is 4.52 Å². The Labute approximate surface area is 121 Å². The zero-order chi connectivity index (χ0) is 13.9. The average molecular weight is 283 g/mol. The van der Waals surface area contributed by atoms with Crippen LogP contribution in [0.25, 0.3) is 5.52 Å². The Hall–Kier alpha value is -2.51. The fourth-order valence-corrected chi connectivity index (χ4v) is 2.26. The average Bonchev–Trinajstić information content (AvgIpc) is 2.88. The molecule has 0 bridgehead atoms. The van der Waals surface area contributed by atoms with E-state index in [9.17, 15) is 0 Å². The molecule has 5 heteroatoms. The maximum atomic E-state index is 8.84. The second kappa shape index (κ2) is 5.24. The Bertz CT molecular complexity index is 801. The second-order valence-electron chi connectivity index (χ2n) is 4.36. The Balaban J connectivity index is 1.80. The molecule has 0 aliphatic rings. The molecule has 0 radical (unpaired) electrons. The number of hydrogen-bond acceptors (Lipinski definition) is 3. The van der Waals surface area contributed by atoms with Crippen molar-refractivity contribution in [2.45, 2.75) is 6.54 Å². The summed E-state index contributed by atoms with van der Waals surface area (Å²) in [6.45, 7) is 0.649. The van der Waals surface area contributed by atoms with Crippen LogP contribution in [0.15, 0.2) is 48.8 Å². The van der Waals surface area contributed by atoms with E-state index in [1.165, 1.54) is 0 Å². The third-order valence-corrected chi connectivity index (χ3v) is 3.39. The maximum Gasteiger partial charge on any atom is 0.101 e. The van der Waals surface area contributed by atoms with Gasteiger partial charge in [-0.1, -0.05) is 17.7 Å². The van der Waals surface area contributed by atoms with Gasteiger partial charge in [-0.2, -0.15) is 10.4 Å². The molecule has 0 fully saturated rings. The molecule has 1 N–H and O–H groups in total.